The molecule has 3 nitrogen and oxygen atoms in total. The lowest BCUT2D eigenvalue weighted by Gasteiger charge is -1.95. The van der Waals surface area contributed by atoms with Crippen molar-refractivity contribution in [3.05, 3.63) is 18.2 Å². The molecular weight excluding hydrogens is 126 g/mol. The quantitative estimate of drug-likeness (QED) is 0.628. The van der Waals surface area contributed by atoms with Crippen LogP contribution in [0, 0.1) is 6.92 Å². The van der Waals surface area contributed by atoms with Crippen LogP contribution in [0.1, 0.15) is 12.7 Å². The Kier molecular flexibility index (Phi) is 4.58. The summed E-state index contributed by atoms with van der Waals surface area (Å²) in [4.78, 5) is 4.05. The van der Waals surface area contributed by atoms with Gasteiger partial charge >= 0.3 is 0 Å². The molecule has 1 aromatic rings. The minimum absolute atomic E-state index is 1.02. The van der Waals surface area contributed by atoms with Gasteiger partial charge in [-0.3, -0.25) is 0 Å². The molecule has 58 valence electrons. The summed E-state index contributed by atoms with van der Waals surface area (Å²) in [6, 6.07) is 0. The zero-order chi connectivity index (χ0) is 7.98. The van der Waals surface area contributed by atoms with Gasteiger partial charge in [0.15, 0.2) is 0 Å². The number of imidazole rings is 1. The first kappa shape index (κ1) is 9.17. The van der Waals surface area contributed by atoms with Crippen molar-refractivity contribution >= 4 is 0 Å². The molecule has 0 atom stereocenters. The molecule has 1 rings (SSSR count). The van der Waals surface area contributed by atoms with Gasteiger partial charge in [0, 0.05) is 18.9 Å². The van der Waals surface area contributed by atoms with Crippen LogP contribution in [0.5, 0.6) is 0 Å². The van der Waals surface area contributed by atoms with Gasteiger partial charge in [-0.15, -0.1) is 0 Å². The Morgan fingerprint density at radius 2 is 2.20 bits per heavy atom. The first-order valence-corrected chi connectivity index (χ1v) is 3.40. The number of aromatic nitrogens is 2. The van der Waals surface area contributed by atoms with Gasteiger partial charge in [-0.05, 0) is 20.9 Å². The average molecular weight is 141 g/mol. The van der Waals surface area contributed by atoms with E-state index in [9.17, 15) is 0 Å². The van der Waals surface area contributed by atoms with E-state index in [1.165, 1.54) is 7.05 Å². The van der Waals surface area contributed by atoms with Gasteiger partial charge in [-0.1, -0.05) is 0 Å². The third-order valence-electron chi connectivity index (χ3n) is 1.26. The molecule has 2 N–H and O–H groups in total. The molecule has 0 unspecified atom stereocenters. The van der Waals surface area contributed by atoms with Gasteiger partial charge in [-0.25, -0.2) is 4.98 Å². The van der Waals surface area contributed by atoms with Crippen molar-refractivity contribution in [3.8, 4) is 0 Å². The van der Waals surface area contributed by atoms with Crippen molar-refractivity contribution in [2.75, 3.05) is 7.05 Å². The van der Waals surface area contributed by atoms with Crippen LogP contribution in [0.3, 0.4) is 0 Å². The van der Waals surface area contributed by atoms with E-state index in [2.05, 4.69) is 22.2 Å². The second-order valence-electron chi connectivity index (χ2n) is 1.76. The van der Waals surface area contributed by atoms with Crippen LogP contribution >= 0.6 is 0 Å². The highest BCUT2D eigenvalue weighted by Gasteiger charge is 1.88. The molecule has 0 aliphatic rings. The molecule has 0 saturated heterocycles. The summed E-state index contributed by atoms with van der Waals surface area (Å²) in [5, 5.41) is 0. The zero-order valence-corrected chi connectivity index (χ0v) is 6.83. The molecule has 0 spiro atoms. The zero-order valence-electron chi connectivity index (χ0n) is 6.83. The highest BCUT2D eigenvalue weighted by molar-refractivity contribution is 4.87. The van der Waals surface area contributed by atoms with Crippen molar-refractivity contribution in [1.29, 1.82) is 0 Å². The third kappa shape index (κ3) is 2.19. The summed E-state index contributed by atoms with van der Waals surface area (Å²) in [6.07, 6.45) is 3.80. The Labute approximate surface area is 61.9 Å². The van der Waals surface area contributed by atoms with Crippen LogP contribution in [-0.4, -0.2) is 16.6 Å². The highest BCUT2D eigenvalue weighted by Crippen LogP contribution is 1.92. The highest BCUT2D eigenvalue weighted by atomic mass is 15.0. The van der Waals surface area contributed by atoms with Crippen LogP contribution in [0.2, 0.25) is 0 Å². The third-order valence-corrected chi connectivity index (χ3v) is 1.26. The molecule has 0 aromatic carbocycles. The number of nitrogens with two attached hydrogens (primary N) is 1. The first-order valence-electron chi connectivity index (χ1n) is 3.40. The fourth-order valence-corrected chi connectivity index (χ4v) is 0.738. The summed E-state index contributed by atoms with van der Waals surface area (Å²) >= 11 is 0. The van der Waals surface area contributed by atoms with Crippen molar-refractivity contribution in [1.82, 2.24) is 9.55 Å². The lowest BCUT2D eigenvalue weighted by molar-refractivity contribution is 0.730. The van der Waals surface area contributed by atoms with Crippen LogP contribution < -0.4 is 5.73 Å². The van der Waals surface area contributed by atoms with E-state index < -0.39 is 0 Å². The summed E-state index contributed by atoms with van der Waals surface area (Å²) in [7, 11) is 1.50. The Balaban J connectivity index is 0.000000371. The van der Waals surface area contributed by atoms with Crippen molar-refractivity contribution < 1.29 is 0 Å². The smallest absolute Gasteiger partial charge is 0.105 e. The van der Waals surface area contributed by atoms with E-state index in [1.54, 1.807) is 0 Å². The van der Waals surface area contributed by atoms with Crippen LogP contribution in [0.15, 0.2) is 12.4 Å². The standard InChI is InChI=1S/C6H10N2.CH5N/c1-3-8-5-4-7-6(8)2;1-2/h4-5H,3H2,1-2H3;2H2,1H3. The maximum Gasteiger partial charge on any atom is 0.105 e. The molecule has 1 heterocycles. The summed E-state index contributed by atoms with van der Waals surface area (Å²) in [5.41, 5.74) is 4.50. The van der Waals surface area contributed by atoms with Crippen molar-refractivity contribution in [2.45, 2.75) is 20.4 Å². The van der Waals surface area contributed by atoms with Crippen LogP contribution in [0.4, 0.5) is 0 Å². The van der Waals surface area contributed by atoms with Crippen molar-refractivity contribution in [2.24, 2.45) is 5.73 Å². The van der Waals surface area contributed by atoms with Gasteiger partial charge in [0.1, 0.15) is 5.82 Å². The molecule has 0 radical (unpaired) electrons. The van der Waals surface area contributed by atoms with E-state index in [0.29, 0.717) is 0 Å². The van der Waals surface area contributed by atoms with Crippen molar-refractivity contribution in [3.63, 3.8) is 0 Å². The number of nitrogens with zero attached hydrogens (tertiary/aromatic N) is 2. The van der Waals surface area contributed by atoms with E-state index >= 15 is 0 Å². The predicted molar refractivity (Wildman–Crippen MR) is 42.7 cm³/mol. The minimum atomic E-state index is 1.02. The maximum absolute atomic E-state index is 4.50. The van der Waals surface area contributed by atoms with E-state index in [-0.39, 0.29) is 0 Å². The van der Waals surface area contributed by atoms with Gasteiger partial charge < -0.3 is 10.3 Å². The van der Waals surface area contributed by atoms with Gasteiger partial charge in [-0.2, -0.15) is 0 Å². The molecule has 0 saturated carbocycles. The maximum atomic E-state index is 4.50. The summed E-state index contributed by atoms with van der Waals surface area (Å²) < 4.78 is 2.10. The number of aryl methyl sites for hydroxylation is 2. The van der Waals surface area contributed by atoms with E-state index in [1.807, 2.05) is 19.3 Å². The molecule has 0 bridgehead atoms. The van der Waals surface area contributed by atoms with Gasteiger partial charge in [0.25, 0.3) is 0 Å². The molecule has 1 aromatic heterocycles. The van der Waals surface area contributed by atoms with Crippen LogP contribution in [-0.2, 0) is 6.54 Å². The Hall–Kier alpha value is -0.830. The van der Waals surface area contributed by atoms with Gasteiger partial charge in [0.2, 0.25) is 0 Å². The molecule has 0 fully saturated rings. The lowest BCUT2D eigenvalue weighted by Crippen LogP contribution is -1.93. The largest absolute Gasteiger partial charge is 0.335 e. The molecule has 0 amide bonds. The van der Waals surface area contributed by atoms with Crippen LogP contribution in [0.25, 0.3) is 0 Å². The second-order valence-corrected chi connectivity index (χ2v) is 1.76. The fourth-order valence-electron chi connectivity index (χ4n) is 0.738. The molecule has 10 heavy (non-hydrogen) atoms. The Morgan fingerprint density at radius 1 is 1.60 bits per heavy atom. The normalized spacial score (nSPS) is 8.40. The number of hydrogen-bond donors (Lipinski definition) is 1. The number of rotatable bonds is 1. The monoisotopic (exact) mass is 141 g/mol. The Bertz CT molecular complexity index is 169. The Morgan fingerprint density at radius 3 is 2.40 bits per heavy atom. The SMILES string of the molecule is CCn1ccnc1C.CN. The second kappa shape index (κ2) is 4.99. The molecular formula is C7H15N3. The van der Waals surface area contributed by atoms with E-state index in [0.717, 1.165) is 12.4 Å². The molecule has 3 heteroatoms. The topological polar surface area (TPSA) is 43.8 Å². The first-order chi connectivity index (χ1) is 4.84. The summed E-state index contributed by atoms with van der Waals surface area (Å²) in [6.45, 7) is 5.13. The minimum Gasteiger partial charge on any atom is -0.335 e. The van der Waals surface area contributed by atoms with Gasteiger partial charge in [0.05, 0.1) is 0 Å². The summed E-state index contributed by atoms with van der Waals surface area (Å²) in [5.74, 6) is 1.09. The molecule has 0 aliphatic carbocycles. The average Bonchev–Trinajstić information content (AvgIpc) is 2.39. The molecule has 0 aliphatic heterocycles. The van der Waals surface area contributed by atoms with E-state index in [4.69, 9.17) is 0 Å². The predicted octanol–water partition coefficient (Wildman–Crippen LogP) is 0.786. The lowest BCUT2D eigenvalue weighted by atomic mass is 10.6. The fraction of sp³-hybridized carbons (Fsp3) is 0.571. The number of hydrogen-bond acceptors (Lipinski definition) is 2.